The SMILES string of the molecule is Nc1cnccc1Sc1ncccc1F. The van der Waals surface area contributed by atoms with E-state index in [2.05, 4.69) is 9.97 Å². The highest BCUT2D eigenvalue weighted by atomic mass is 32.2. The summed E-state index contributed by atoms with van der Waals surface area (Å²) in [6, 6.07) is 4.65. The fourth-order valence-corrected chi connectivity index (χ4v) is 1.82. The van der Waals surface area contributed by atoms with Gasteiger partial charge in [0.25, 0.3) is 0 Å². The Morgan fingerprint density at radius 2 is 2.13 bits per heavy atom. The van der Waals surface area contributed by atoms with E-state index in [1.807, 2.05) is 0 Å². The first-order valence-electron chi connectivity index (χ1n) is 4.25. The lowest BCUT2D eigenvalue weighted by Crippen LogP contribution is -1.91. The van der Waals surface area contributed by atoms with Crippen molar-refractivity contribution in [3.05, 3.63) is 42.6 Å². The molecule has 0 saturated heterocycles. The maximum Gasteiger partial charge on any atom is 0.155 e. The highest BCUT2D eigenvalue weighted by molar-refractivity contribution is 7.99. The molecular weight excluding hydrogens is 213 g/mol. The minimum absolute atomic E-state index is 0.315. The Bertz CT molecular complexity index is 432. The van der Waals surface area contributed by atoms with Crippen molar-refractivity contribution in [2.45, 2.75) is 9.92 Å². The van der Waals surface area contributed by atoms with Gasteiger partial charge < -0.3 is 5.73 Å². The van der Waals surface area contributed by atoms with Crippen LogP contribution < -0.4 is 5.73 Å². The van der Waals surface area contributed by atoms with Crippen LogP contribution in [0.25, 0.3) is 0 Å². The van der Waals surface area contributed by atoms with Crippen LogP contribution in [0.2, 0.25) is 0 Å². The molecule has 0 aromatic carbocycles. The van der Waals surface area contributed by atoms with Gasteiger partial charge in [-0.1, -0.05) is 11.8 Å². The highest BCUT2D eigenvalue weighted by Crippen LogP contribution is 2.30. The molecule has 5 heteroatoms. The van der Waals surface area contributed by atoms with Gasteiger partial charge in [-0.3, -0.25) is 4.98 Å². The number of aromatic nitrogens is 2. The van der Waals surface area contributed by atoms with Gasteiger partial charge >= 0.3 is 0 Å². The molecule has 2 aromatic rings. The number of hydrogen-bond donors (Lipinski definition) is 1. The predicted molar refractivity (Wildman–Crippen MR) is 57.0 cm³/mol. The molecule has 2 rings (SSSR count). The van der Waals surface area contributed by atoms with Crippen LogP contribution >= 0.6 is 11.8 Å². The van der Waals surface area contributed by atoms with Crippen molar-refractivity contribution in [1.29, 1.82) is 0 Å². The topological polar surface area (TPSA) is 51.8 Å². The van der Waals surface area contributed by atoms with E-state index < -0.39 is 0 Å². The molecule has 0 amide bonds. The summed E-state index contributed by atoms with van der Waals surface area (Å²) in [6.45, 7) is 0. The molecule has 0 atom stereocenters. The van der Waals surface area contributed by atoms with Crippen molar-refractivity contribution >= 4 is 17.4 Å². The molecule has 3 nitrogen and oxygen atoms in total. The molecule has 76 valence electrons. The largest absolute Gasteiger partial charge is 0.397 e. The van der Waals surface area contributed by atoms with Gasteiger partial charge in [-0.05, 0) is 18.2 Å². The number of anilines is 1. The molecule has 2 aromatic heterocycles. The van der Waals surface area contributed by atoms with E-state index in [4.69, 9.17) is 5.73 Å². The normalized spacial score (nSPS) is 10.2. The lowest BCUT2D eigenvalue weighted by atomic mass is 10.4. The zero-order valence-electron chi connectivity index (χ0n) is 7.72. The van der Waals surface area contributed by atoms with Crippen molar-refractivity contribution in [3.63, 3.8) is 0 Å². The van der Waals surface area contributed by atoms with E-state index in [0.717, 1.165) is 4.90 Å². The molecule has 0 aliphatic rings. The van der Waals surface area contributed by atoms with Crippen molar-refractivity contribution in [2.24, 2.45) is 0 Å². The first-order valence-corrected chi connectivity index (χ1v) is 5.07. The summed E-state index contributed by atoms with van der Waals surface area (Å²) in [6.07, 6.45) is 4.69. The molecule has 15 heavy (non-hydrogen) atoms. The number of hydrogen-bond acceptors (Lipinski definition) is 4. The van der Waals surface area contributed by atoms with E-state index in [9.17, 15) is 4.39 Å². The summed E-state index contributed by atoms with van der Waals surface area (Å²) >= 11 is 1.19. The van der Waals surface area contributed by atoms with Gasteiger partial charge in [0.15, 0.2) is 5.82 Å². The molecular formula is C10H8FN3S. The molecule has 0 saturated carbocycles. The van der Waals surface area contributed by atoms with Gasteiger partial charge in [0.1, 0.15) is 5.03 Å². The molecule has 2 N–H and O–H groups in total. The number of nitrogen functional groups attached to an aromatic ring is 1. The zero-order valence-corrected chi connectivity index (χ0v) is 8.54. The lowest BCUT2D eigenvalue weighted by Gasteiger charge is -2.03. The molecule has 0 aliphatic heterocycles. The Morgan fingerprint density at radius 1 is 1.27 bits per heavy atom. The Labute approximate surface area is 90.6 Å². The second kappa shape index (κ2) is 4.27. The number of nitrogens with zero attached hydrogens (tertiary/aromatic N) is 2. The summed E-state index contributed by atoms with van der Waals surface area (Å²) in [4.78, 5) is 8.54. The van der Waals surface area contributed by atoms with Crippen LogP contribution in [-0.2, 0) is 0 Å². The molecule has 0 spiro atoms. The Hall–Kier alpha value is -1.62. The van der Waals surface area contributed by atoms with E-state index in [1.165, 1.54) is 24.0 Å². The van der Waals surface area contributed by atoms with E-state index >= 15 is 0 Å². The predicted octanol–water partition coefficient (Wildman–Crippen LogP) is 2.35. The van der Waals surface area contributed by atoms with Gasteiger partial charge in [-0.25, -0.2) is 9.37 Å². The highest BCUT2D eigenvalue weighted by Gasteiger charge is 2.06. The summed E-state index contributed by atoms with van der Waals surface area (Å²) in [7, 11) is 0. The molecule has 0 radical (unpaired) electrons. The summed E-state index contributed by atoms with van der Waals surface area (Å²) in [5.41, 5.74) is 6.21. The van der Waals surface area contributed by atoms with Crippen LogP contribution in [0.1, 0.15) is 0 Å². The van der Waals surface area contributed by atoms with Crippen LogP contribution in [0, 0.1) is 5.82 Å². The van der Waals surface area contributed by atoms with E-state index in [0.29, 0.717) is 10.7 Å². The third-order valence-electron chi connectivity index (χ3n) is 1.74. The van der Waals surface area contributed by atoms with Crippen LogP contribution in [0.15, 0.2) is 46.7 Å². The van der Waals surface area contributed by atoms with Gasteiger partial charge in [-0.15, -0.1) is 0 Å². The third kappa shape index (κ3) is 2.24. The first-order chi connectivity index (χ1) is 7.27. The minimum atomic E-state index is -0.348. The summed E-state index contributed by atoms with van der Waals surface area (Å²) in [5.74, 6) is -0.348. The zero-order chi connectivity index (χ0) is 10.7. The van der Waals surface area contributed by atoms with Crippen molar-refractivity contribution in [3.8, 4) is 0 Å². The van der Waals surface area contributed by atoms with Gasteiger partial charge in [0.05, 0.1) is 11.9 Å². The van der Waals surface area contributed by atoms with Gasteiger partial charge in [0, 0.05) is 17.3 Å². The second-order valence-corrected chi connectivity index (χ2v) is 3.84. The smallest absolute Gasteiger partial charge is 0.155 e. The number of pyridine rings is 2. The Kier molecular flexibility index (Phi) is 2.82. The van der Waals surface area contributed by atoms with Gasteiger partial charge in [-0.2, -0.15) is 0 Å². The maximum atomic E-state index is 13.3. The first kappa shape index (κ1) is 9.92. The molecule has 0 bridgehead atoms. The van der Waals surface area contributed by atoms with Crippen LogP contribution in [-0.4, -0.2) is 9.97 Å². The number of halogens is 1. The fraction of sp³-hybridized carbons (Fsp3) is 0. The van der Waals surface area contributed by atoms with Gasteiger partial charge in [0.2, 0.25) is 0 Å². The lowest BCUT2D eigenvalue weighted by molar-refractivity contribution is 0.588. The standard InChI is InChI=1S/C10H8FN3S/c11-7-2-1-4-14-10(7)15-9-3-5-13-6-8(9)12/h1-6H,12H2. The van der Waals surface area contributed by atoms with Crippen LogP contribution in [0.3, 0.4) is 0 Å². The monoisotopic (exact) mass is 221 g/mol. The molecule has 0 unspecified atom stereocenters. The van der Waals surface area contributed by atoms with Crippen molar-refractivity contribution in [2.75, 3.05) is 5.73 Å². The number of nitrogens with two attached hydrogens (primary N) is 1. The molecule has 2 heterocycles. The fourth-order valence-electron chi connectivity index (χ4n) is 1.04. The quantitative estimate of drug-likeness (QED) is 0.845. The Balaban J connectivity index is 2.30. The average Bonchev–Trinajstić information content (AvgIpc) is 2.24. The van der Waals surface area contributed by atoms with Crippen LogP contribution in [0.4, 0.5) is 10.1 Å². The average molecular weight is 221 g/mol. The van der Waals surface area contributed by atoms with Crippen molar-refractivity contribution in [1.82, 2.24) is 9.97 Å². The molecule has 0 fully saturated rings. The third-order valence-corrected chi connectivity index (χ3v) is 2.83. The summed E-state index contributed by atoms with van der Waals surface area (Å²) < 4.78 is 13.3. The van der Waals surface area contributed by atoms with Crippen LogP contribution in [0.5, 0.6) is 0 Å². The second-order valence-electron chi connectivity index (χ2n) is 2.81. The van der Waals surface area contributed by atoms with E-state index in [-0.39, 0.29) is 5.82 Å². The Morgan fingerprint density at radius 3 is 2.87 bits per heavy atom. The van der Waals surface area contributed by atoms with Crippen molar-refractivity contribution < 1.29 is 4.39 Å². The molecule has 0 aliphatic carbocycles. The maximum absolute atomic E-state index is 13.3. The minimum Gasteiger partial charge on any atom is -0.397 e. The summed E-state index contributed by atoms with van der Waals surface area (Å²) in [5, 5.41) is 0.315. The van der Waals surface area contributed by atoms with E-state index in [1.54, 1.807) is 24.5 Å². The number of rotatable bonds is 2.